The van der Waals surface area contributed by atoms with E-state index >= 15 is 0 Å². The summed E-state index contributed by atoms with van der Waals surface area (Å²) in [5, 5.41) is 0.414. The lowest BCUT2D eigenvalue weighted by Gasteiger charge is -2.56. The van der Waals surface area contributed by atoms with Crippen molar-refractivity contribution in [3.63, 3.8) is 0 Å². The van der Waals surface area contributed by atoms with Crippen LogP contribution in [0.5, 0.6) is 0 Å². The highest BCUT2D eigenvalue weighted by Crippen LogP contribution is 2.68. The van der Waals surface area contributed by atoms with Crippen LogP contribution >= 0.6 is 11.8 Å². The number of esters is 1. The van der Waals surface area contributed by atoms with Gasteiger partial charge in [0.2, 0.25) is 0 Å². The Balaban J connectivity index is 1.54. The van der Waals surface area contributed by atoms with Gasteiger partial charge in [0.1, 0.15) is 11.4 Å². The smallest absolute Gasteiger partial charge is 0.306 e. The molecule has 2 unspecified atom stereocenters. The number of fused-ring (bicyclic) bond motifs is 6. The Morgan fingerprint density at radius 3 is 2.68 bits per heavy atom. The number of carbonyl (C=O) groups is 2. The largest absolute Gasteiger partial charge is 0.458 e. The molecule has 4 aliphatic carbocycles. The number of carbonyl (C=O) groups excluding carboxylic acids is 2. The summed E-state index contributed by atoms with van der Waals surface area (Å²) in [7, 11) is 4.27. The van der Waals surface area contributed by atoms with Gasteiger partial charge in [-0.05, 0) is 58.0 Å². The van der Waals surface area contributed by atoms with Gasteiger partial charge in [-0.3, -0.25) is 9.59 Å². The van der Waals surface area contributed by atoms with Crippen molar-refractivity contribution in [2.24, 2.45) is 22.7 Å². The Bertz CT molecular complexity index is 863. The first kappa shape index (κ1) is 21.8. The summed E-state index contributed by atoms with van der Waals surface area (Å²) in [6.07, 6.45) is 12.0. The molecule has 0 aromatic heterocycles. The zero-order chi connectivity index (χ0) is 22.0. The average molecular weight is 444 g/mol. The summed E-state index contributed by atoms with van der Waals surface area (Å²) < 4.78 is 6.11. The van der Waals surface area contributed by atoms with Crippen molar-refractivity contribution in [1.29, 1.82) is 0 Å². The van der Waals surface area contributed by atoms with Crippen molar-refractivity contribution in [1.82, 2.24) is 4.90 Å². The molecular weight excluding hydrogens is 406 g/mol. The van der Waals surface area contributed by atoms with Crippen LogP contribution in [0.1, 0.15) is 65.2 Å². The molecule has 4 nitrogen and oxygen atoms in total. The van der Waals surface area contributed by atoms with Gasteiger partial charge in [-0.1, -0.05) is 37.1 Å². The topological polar surface area (TPSA) is 46.6 Å². The maximum Gasteiger partial charge on any atom is 0.306 e. The van der Waals surface area contributed by atoms with Crippen molar-refractivity contribution in [3.8, 4) is 0 Å². The molecule has 6 atom stereocenters. The fraction of sp³-hybridized carbons (Fsp3) is 0.769. The molecule has 5 heteroatoms. The van der Waals surface area contributed by atoms with E-state index in [4.69, 9.17) is 4.74 Å². The van der Waals surface area contributed by atoms with E-state index < -0.39 is 0 Å². The molecule has 0 radical (unpaired) electrons. The molecule has 1 heterocycles. The summed E-state index contributed by atoms with van der Waals surface area (Å²) in [5.41, 5.74) is 2.78. The zero-order valence-electron chi connectivity index (χ0n) is 19.5. The number of ketones is 1. The quantitative estimate of drug-likeness (QED) is 0.462. The maximum atomic E-state index is 12.3. The Morgan fingerprint density at radius 1 is 1.16 bits per heavy atom. The van der Waals surface area contributed by atoms with Gasteiger partial charge >= 0.3 is 5.97 Å². The Kier molecular flexibility index (Phi) is 5.25. The molecule has 3 fully saturated rings. The van der Waals surface area contributed by atoms with Gasteiger partial charge in [-0.25, -0.2) is 0 Å². The summed E-state index contributed by atoms with van der Waals surface area (Å²) >= 11 is 2.07. The minimum Gasteiger partial charge on any atom is -0.458 e. The minimum absolute atomic E-state index is 0.00265. The van der Waals surface area contributed by atoms with E-state index in [0.717, 1.165) is 44.4 Å². The highest BCUT2D eigenvalue weighted by Gasteiger charge is 2.66. The number of thioether (sulfide) groups is 1. The summed E-state index contributed by atoms with van der Waals surface area (Å²) in [6, 6.07) is 0. The Labute approximate surface area is 191 Å². The van der Waals surface area contributed by atoms with Crippen LogP contribution in [-0.4, -0.2) is 53.9 Å². The first-order chi connectivity index (χ1) is 14.7. The van der Waals surface area contributed by atoms with E-state index in [9.17, 15) is 9.59 Å². The van der Waals surface area contributed by atoms with Crippen LogP contribution in [0, 0.1) is 22.7 Å². The van der Waals surface area contributed by atoms with E-state index in [2.05, 4.69) is 56.8 Å². The number of nitrogens with zero attached hydrogens (tertiary/aromatic N) is 1. The normalized spacial score (nSPS) is 44.0. The zero-order valence-corrected chi connectivity index (χ0v) is 20.4. The van der Waals surface area contributed by atoms with Gasteiger partial charge < -0.3 is 9.64 Å². The molecule has 5 aliphatic rings. The van der Waals surface area contributed by atoms with Gasteiger partial charge in [0.05, 0.1) is 0 Å². The third-order valence-electron chi connectivity index (χ3n) is 9.50. The first-order valence-electron chi connectivity index (χ1n) is 12.1. The second-order valence-electron chi connectivity index (χ2n) is 11.3. The molecule has 1 saturated heterocycles. The number of hydrogen-bond donors (Lipinski definition) is 0. The van der Waals surface area contributed by atoms with Gasteiger partial charge in [0.25, 0.3) is 0 Å². The van der Waals surface area contributed by atoms with E-state index in [1.165, 1.54) is 5.57 Å². The van der Waals surface area contributed by atoms with Crippen molar-refractivity contribution in [3.05, 3.63) is 23.3 Å². The van der Waals surface area contributed by atoms with Gasteiger partial charge in [-0.15, -0.1) is 0 Å². The molecule has 2 saturated carbocycles. The van der Waals surface area contributed by atoms with Gasteiger partial charge in [0.15, 0.2) is 0 Å². The number of rotatable bonds is 4. The summed E-state index contributed by atoms with van der Waals surface area (Å²) in [4.78, 5) is 26.7. The van der Waals surface area contributed by atoms with Crippen LogP contribution in [-0.2, 0) is 14.3 Å². The van der Waals surface area contributed by atoms with Crippen molar-refractivity contribution in [2.45, 2.75) is 76.1 Å². The molecule has 1 aliphatic heterocycles. The molecule has 5 rings (SSSR count). The first-order valence-corrected chi connectivity index (χ1v) is 13.1. The average Bonchev–Trinajstić information content (AvgIpc) is 3.23. The lowest BCUT2D eigenvalue weighted by Crippen LogP contribution is -2.52. The van der Waals surface area contributed by atoms with Crippen LogP contribution in [0.3, 0.4) is 0 Å². The van der Waals surface area contributed by atoms with Crippen molar-refractivity contribution >= 4 is 23.5 Å². The molecule has 31 heavy (non-hydrogen) atoms. The van der Waals surface area contributed by atoms with Crippen LogP contribution in [0.2, 0.25) is 0 Å². The van der Waals surface area contributed by atoms with Crippen LogP contribution < -0.4 is 0 Å². The van der Waals surface area contributed by atoms with Crippen LogP contribution in [0.4, 0.5) is 0 Å². The lowest BCUT2D eigenvalue weighted by molar-refractivity contribution is -0.160. The maximum absolute atomic E-state index is 12.3. The van der Waals surface area contributed by atoms with Crippen LogP contribution in [0.15, 0.2) is 23.3 Å². The molecule has 1 spiro atoms. The third-order valence-corrected chi connectivity index (χ3v) is 10.7. The molecule has 0 N–H and O–H groups in total. The molecule has 170 valence electrons. The highest BCUT2D eigenvalue weighted by molar-refractivity contribution is 8.00. The van der Waals surface area contributed by atoms with Gasteiger partial charge in [0, 0.05) is 47.6 Å². The highest BCUT2D eigenvalue weighted by atomic mass is 32.2. The molecule has 0 amide bonds. The fourth-order valence-electron chi connectivity index (χ4n) is 7.56. The number of Topliss-reactive ketones (excluding diaryl/α,β-unsaturated/α-hetero) is 1. The number of ether oxygens (including phenoxy) is 1. The van der Waals surface area contributed by atoms with E-state index in [1.807, 2.05) is 0 Å². The van der Waals surface area contributed by atoms with Crippen LogP contribution in [0.25, 0.3) is 0 Å². The molecular formula is C26H37NO3S. The van der Waals surface area contributed by atoms with Crippen molar-refractivity contribution < 1.29 is 14.3 Å². The molecule has 0 bridgehead atoms. The van der Waals surface area contributed by atoms with E-state index in [1.54, 1.807) is 5.57 Å². The fourth-order valence-corrected chi connectivity index (χ4v) is 9.11. The second kappa shape index (κ2) is 7.48. The van der Waals surface area contributed by atoms with E-state index in [0.29, 0.717) is 42.1 Å². The molecule has 0 aromatic carbocycles. The second-order valence-corrected chi connectivity index (χ2v) is 12.6. The van der Waals surface area contributed by atoms with E-state index in [-0.39, 0.29) is 22.4 Å². The predicted molar refractivity (Wildman–Crippen MR) is 125 cm³/mol. The SMILES string of the molecule is CN(C)CCS[C@@H]1C=C2CC(=O)CC[C@]2(C)C2=CC[C@@]3(C)C(CC[C@@]34CCC(=O)O4)C21. The lowest BCUT2D eigenvalue weighted by atomic mass is 9.51. The summed E-state index contributed by atoms with van der Waals surface area (Å²) in [6.45, 7) is 5.87. The predicted octanol–water partition coefficient (Wildman–Crippen LogP) is 4.79. The third kappa shape index (κ3) is 3.20. The molecule has 0 aromatic rings. The van der Waals surface area contributed by atoms with Gasteiger partial charge in [-0.2, -0.15) is 11.8 Å². The number of hydrogen-bond acceptors (Lipinski definition) is 5. The monoisotopic (exact) mass is 443 g/mol. The standard InChI is InChI=1S/C26H37NO3S/c1-24-9-5-18(28)15-17(24)16-21(31-14-13-27(3)4)23-19(24)6-10-25(2)20(23)7-11-26(25)12-8-22(29)30-26/h6,16,20-21,23H,5,7-15H2,1-4H3/t20?,21-,23?,24+,25+,26-/m1/s1. The minimum atomic E-state index is -0.261. The number of allylic oxidation sites excluding steroid dienone is 3. The Morgan fingerprint density at radius 2 is 1.97 bits per heavy atom. The Hall–Kier alpha value is -1.07. The summed E-state index contributed by atoms with van der Waals surface area (Å²) in [5.74, 6) is 2.53. The van der Waals surface area contributed by atoms with Crippen molar-refractivity contribution in [2.75, 3.05) is 26.4 Å².